The minimum atomic E-state index is -1.74. The lowest BCUT2D eigenvalue weighted by molar-refractivity contribution is -0.123. The first-order valence-corrected chi connectivity index (χ1v) is 10.9. The summed E-state index contributed by atoms with van der Waals surface area (Å²) in [5.41, 5.74) is 6.26. The number of ketones is 1. The van der Waals surface area contributed by atoms with Crippen LogP contribution in [0, 0.1) is 35.3 Å². The number of carbonyl (C=O) groups is 2. The van der Waals surface area contributed by atoms with E-state index in [4.69, 9.17) is 5.73 Å². The molecule has 172 valence electrons. The number of nitrogens with two attached hydrogens (primary N) is 1. The Kier molecular flexibility index (Phi) is 4.50. The summed E-state index contributed by atoms with van der Waals surface area (Å²) in [5, 5.41) is 13.1. The third-order valence-electron chi connectivity index (χ3n) is 6.80. The molecule has 0 saturated carbocycles. The van der Waals surface area contributed by atoms with Gasteiger partial charge in [0.05, 0.1) is 11.3 Å². The predicted molar refractivity (Wildman–Crippen MR) is 122 cm³/mol. The van der Waals surface area contributed by atoms with Crippen LogP contribution < -0.4 is 16.0 Å². The van der Waals surface area contributed by atoms with E-state index in [9.17, 15) is 23.6 Å². The van der Waals surface area contributed by atoms with Crippen LogP contribution >= 0.6 is 0 Å². The number of anilines is 2. The van der Waals surface area contributed by atoms with E-state index >= 15 is 0 Å². The first-order chi connectivity index (χ1) is 16.0. The van der Waals surface area contributed by atoms with Crippen molar-refractivity contribution in [3.8, 4) is 6.07 Å². The minimum Gasteiger partial charge on any atom is -0.384 e. The molecular formula is C26H22F2N4O2. The van der Waals surface area contributed by atoms with Crippen LogP contribution in [-0.2, 0) is 15.0 Å². The Bertz CT molecular complexity index is 1420. The zero-order valence-corrected chi connectivity index (χ0v) is 18.9. The summed E-state index contributed by atoms with van der Waals surface area (Å²) >= 11 is 0. The molecule has 2 aromatic rings. The minimum absolute atomic E-state index is 0.0950. The third-order valence-corrected chi connectivity index (χ3v) is 6.80. The fourth-order valence-corrected chi connectivity index (χ4v) is 5.47. The molecule has 0 saturated heterocycles. The summed E-state index contributed by atoms with van der Waals surface area (Å²) in [6.45, 7) is 5.64. The number of hydrogen-bond acceptors (Lipinski definition) is 5. The van der Waals surface area contributed by atoms with Gasteiger partial charge in [0.25, 0.3) is 0 Å². The molecule has 1 amide bonds. The number of nitriles is 1. The molecule has 5 rings (SSSR count). The second kappa shape index (κ2) is 7.00. The third kappa shape index (κ3) is 2.76. The first-order valence-electron chi connectivity index (χ1n) is 10.9. The first kappa shape index (κ1) is 21.8. The molecular weight excluding hydrogens is 438 g/mol. The number of rotatable bonds is 1. The van der Waals surface area contributed by atoms with Gasteiger partial charge in [0.15, 0.2) is 5.78 Å². The fraction of sp³-hybridized carbons (Fsp3) is 0.269. The van der Waals surface area contributed by atoms with Gasteiger partial charge in [-0.3, -0.25) is 14.5 Å². The smallest absolute Gasteiger partial charge is 0.245 e. The van der Waals surface area contributed by atoms with Gasteiger partial charge in [-0.15, -0.1) is 0 Å². The van der Waals surface area contributed by atoms with Crippen LogP contribution in [0.15, 0.2) is 59.1 Å². The summed E-state index contributed by atoms with van der Waals surface area (Å²) in [4.78, 5) is 28.7. The van der Waals surface area contributed by atoms with Crippen molar-refractivity contribution in [3.05, 3.63) is 81.8 Å². The maximum Gasteiger partial charge on any atom is 0.245 e. The molecule has 1 atom stereocenters. The van der Waals surface area contributed by atoms with Gasteiger partial charge in [0.2, 0.25) is 5.91 Å². The predicted octanol–water partition coefficient (Wildman–Crippen LogP) is 4.32. The summed E-state index contributed by atoms with van der Waals surface area (Å²) in [6, 6.07) is 10.4. The molecule has 1 spiro atoms. The maximum absolute atomic E-state index is 15.0. The number of fused-ring (bicyclic) bond motifs is 3. The standard InChI is InChI=1S/C26H22F2N4O2/c1-13-4-6-18-15(8-13)26(24(34)31-18)16(12-29)23(30)32(19-7-5-14(27)9-17(19)28)20-10-25(2,3)11-21(33)22(20)26/h4-9H,10-11,30H2,1-3H3,(H,31,34). The van der Waals surface area contributed by atoms with E-state index in [0.717, 1.165) is 17.7 Å². The molecule has 6 nitrogen and oxygen atoms in total. The summed E-state index contributed by atoms with van der Waals surface area (Å²) in [7, 11) is 0. The van der Waals surface area contributed by atoms with Crippen LogP contribution in [0.25, 0.3) is 0 Å². The Morgan fingerprint density at radius 1 is 1.12 bits per heavy atom. The zero-order chi connectivity index (χ0) is 24.6. The van der Waals surface area contributed by atoms with Crippen molar-refractivity contribution in [2.75, 3.05) is 10.2 Å². The average molecular weight is 460 g/mol. The Morgan fingerprint density at radius 3 is 2.53 bits per heavy atom. The molecule has 0 bridgehead atoms. The normalized spacial score (nSPS) is 23.1. The molecule has 3 N–H and O–H groups in total. The number of amides is 1. The fourth-order valence-electron chi connectivity index (χ4n) is 5.47. The zero-order valence-electron chi connectivity index (χ0n) is 18.9. The van der Waals surface area contributed by atoms with Crippen molar-refractivity contribution < 1.29 is 18.4 Å². The van der Waals surface area contributed by atoms with Gasteiger partial charge in [-0.25, -0.2) is 8.78 Å². The number of carbonyl (C=O) groups excluding carboxylic acids is 2. The van der Waals surface area contributed by atoms with Gasteiger partial charge in [-0.1, -0.05) is 31.5 Å². The van der Waals surface area contributed by atoms with Crippen molar-refractivity contribution in [1.29, 1.82) is 5.26 Å². The lowest BCUT2D eigenvalue weighted by Gasteiger charge is -2.46. The van der Waals surface area contributed by atoms with Gasteiger partial charge in [0.1, 0.15) is 28.9 Å². The number of nitrogens with zero attached hydrogens (tertiary/aromatic N) is 2. The number of benzene rings is 2. The van der Waals surface area contributed by atoms with Crippen LogP contribution in [0.1, 0.15) is 37.8 Å². The Hall–Kier alpha value is -3.99. The Balaban J connectivity index is 1.92. The van der Waals surface area contributed by atoms with Crippen molar-refractivity contribution >= 4 is 23.1 Å². The lowest BCUT2D eigenvalue weighted by atomic mass is 9.60. The van der Waals surface area contributed by atoms with E-state index in [-0.39, 0.29) is 34.9 Å². The molecule has 0 radical (unpaired) electrons. The lowest BCUT2D eigenvalue weighted by Crippen LogP contribution is -2.52. The van der Waals surface area contributed by atoms with Crippen molar-refractivity contribution in [2.45, 2.75) is 39.0 Å². The molecule has 2 aliphatic heterocycles. The van der Waals surface area contributed by atoms with E-state index in [1.807, 2.05) is 26.8 Å². The Labute approximate surface area is 195 Å². The highest BCUT2D eigenvalue weighted by Crippen LogP contribution is 2.57. The highest BCUT2D eigenvalue weighted by Gasteiger charge is 2.61. The number of nitrogens with one attached hydrogen (secondary N) is 1. The van der Waals surface area contributed by atoms with Gasteiger partial charge in [-0.2, -0.15) is 5.26 Å². The molecule has 2 aromatic carbocycles. The van der Waals surface area contributed by atoms with Gasteiger partial charge < -0.3 is 11.1 Å². The van der Waals surface area contributed by atoms with E-state index in [1.165, 1.54) is 11.0 Å². The van der Waals surface area contributed by atoms with Gasteiger partial charge in [0, 0.05) is 35.0 Å². The second-order valence-electron chi connectivity index (χ2n) is 9.82. The largest absolute Gasteiger partial charge is 0.384 e. The van der Waals surface area contributed by atoms with E-state index in [2.05, 4.69) is 11.4 Å². The molecule has 2 heterocycles. The molecule has 1 unspecified atom stereocenters. The van der Waals surface area contributed by atoms with Crippen LogP contribution in [0.3, 0.4) is 0 Å². The quantitative estimate of drug-likeness (QED) is 0.660. The van der Waals surface area contributed by atoms with E-state index < -0.39 is 28.4 Å². The Morgan fingerprint density at radius 2 is 1.85 bits per heavy atom. The molecule has 8 heteroatoms. The van der Waals surface area contributed by atoms with Gasteiger partial charge in [-0.05, 0) is 37.0 Å². The molecule has 3 aliphatic rings. The van der Waals surface area contributed by atoms with Crippen LogP contribution in [0.5, 0.6) is 0 Å². The van der Waals surface area contributed by atoms with E-state index in [0.29, 0.717) is 23.4 Å². The number of aryl methyl sites for hydroxylation is 1. The number of Topliss-reactive ketones (excluding diaryl/α,β-unsaturated/α-hetero) is 1. The molecule has 1 aliphatic carbocycles. The average Bonchev–Trinajstić information content (AvgIpc) is 3.00. The molecule has 0 aromatic heterocycles. The van der Waals surface area contributed by atoms with Crippen LogP contribution in [-0.4, -0.2) is 11.7 Å². The highest BCUT2D eigenvalue weighted by molar-refractivity contribution is 6.20. The maximum atomic E-state index is 15.0. The molecule has 0 fully saturated rings. The van der Waals surface area contributed by atoms with Crippen molar-refractivity contribution in [2.24, 2.45) is 11.1 Å². The number of allylic oxidation sites excluding steroid dienone is 1. The summed E-state index contributed by atoms with van der Waals surface area (Å²) in [5.74, 6) is -2.70. The van der Waals surface area contributed by atoms with Crippen LogP contribution in [0.2, 0.25) is 0 Å². The van der Waals surface area contributed by atoms with Crippen molar-refractivity contribution in [3.63, 3.8) is 0 Å². The van der Waals surface area contributed by atoms with Gasteiger partial charge >= 0.3 is 0 Å². The molecule has 34 heavy (non-hydrogen) atoms. The summed E-state index contributed by atoms with van der Waals surface area (Å²) < 4.78 is 28.7. The van der Waals surface area contributed by atoms with Crippen molar-refractivity contribution in [1.82, 2.24) is 0 Å². The van der Waals surface area contributed by atoms with Crippen LogP contribution in [0.4, 0.5) is 20.2 Å². The summed E-state index contributed by atoms with van der Waals surface area (Å²) in [6.07, 6.45) is 0.431. The highest BCUT2D eigenvalue weighted by atomic mass is 19.1. The number of halogens is 2. The second-order valence-corrected chi connectivity index (χ2v) is 9.82. The SMILES string of the molecule is Cc1ccc2c(c1)C1(C(=O)N2)C(C#N)=C(N)N(c2ccc(F)cc2F)C2=C1C(=O)CC(C)(C)C2. The topological polar surface area (TPSA) is 99.2 Å². The van der Waals surface area contributed by atoms with E-state index in [1.54, 1.807) is 12.1 Å². The monoisotopic (exact) mass is 460 g/mol. The number of hydrogen-bond donors (Lipinski definition) is 2.